The lowest BCUT2D eigenvalue weighted by Crippen LogP contribution is -2.13. The number of carbonyl (C=O) groups is 1. The second-order valence-electron chi connectivity index (χ2n) is 5.81. The molecular weight excluding hydrogens is 375 g/mol. The number of carbonyl (C=O) groups excluding carboxylic acids is 1. The molecule has 2 aromatic heterocycles. The predicted octanol–water partition coefficient (Wildman–Crippen LogP) is 3.94. The molecule has 1 aliphatic carbocycles. The van der Waals surface area contributed by atoms with Crippen LogP contribution in [-0.2, 0) is 17.6 Å². The largest absolute Gasteiger partial charge is 0.411 e. The highest BCUT2D eigenvalue weighted by Crippen LogP contribution is 2.30. The Labute approximate surface area is 157 Å². The van der Waals surface area contributed by atoms with E-state index in [-0.39, 0.29) is 22.7 Å². The number of nitrogens with zero attached hydrogens (tertiary/aromatic N) is 3. The zero-order chi connectivity index (χ0) is 17.9. The van der Waals surface area contributed by atoms with E-state index in [0.29, 0.717) is 16.6 Å². The normalized spacial score (nSPS) is 13.4. The summed E-state index contributed by atoms with van der Waals surface area (Å²) in [6, 6.07) is 5.78. The number of nitrogens with one attached hydrogen (secondary N) is 1. The van der Waals surface area contributed by atoms with Crippen molar-refractivity contribution in [3.63, 3.8) is 0 Å². The van der Waals surface area contributed by atoms with Gasteiger partial charge in [-0.2, -0.15) is 0 Å². The van der Waals surface area contributed by atoms with Gasteiger partial charge in [-0.3, -0.25) is 4.79 Å². The number of rotatable bonds is 5. The van der Waals surface area contributed by atoms with Gasteiger partial charge in [-0.05, 0) is 49.9 Å². The molecule has 4 rings (SSSR count). The summed E-state index contributed by atoms with van der Waals surface area (Å²) in [6.45, 7) is 0. The van der Waals surface area contributed by atoms with E-state index < -0.39 is 0 Å². The Hall–Kier alpha value is -2.26. The van der Waals surface area contributed by atoms with Gasteiger partial charge in [0.1, 0.15) is 5.82 Å². The van der Waals surface area contributed by atoms with Crippen LogP contribution in [0.2, 0.25) is 0 Å². The number of thioether (sulfide) groups is 1. The predicted molar refractivity (Wildman–Crippen MR) is 97.8 cm³/mol. The molecule has 2 heterocycles. The van der Waals surface area contributed by atoms with Crippen molar-refractivity contribution in [3.8, 4) is 11.5 Å². The van der Waals surface area contributed by atoms with Gasteiger partial charge in [0.05, 0.1) is 11.4 Å². The summed E-state index contributed by atoms with van der Waals surface area (Å²) in [7, 11) is 0. The van der Waals surface area contributed by atoms with E-state index in [1.807, 2.05) is 0 Å². The fourth-order valence-corrected chi connectivity index (χ4v) is 4.29. The van der Waals surface area contributed by atoms with Crippen LogP contribution < -0.4 is 5.32 Å². The summed E-state index contributed by atoms with van der Waals surface area (Å²) in [5, 5.41) is 11.6. The molecule has 9 heteroatoms. The Morgan fingerprint density at radius 2 is 2.04 bits per heavy atom. The van der Waals surface area contributed by atoms with Crippen LogP contribution in [0.1, 0.15) is 23.4 Å². The van der Waals surface area contributed by atoms with Crippen molar-refractivity contribution in [2.24, 2.45) is 0 Å². The first-order valence-corrected chi connectivity index (χ1v) is 9.98. The lowest BCUT2D eigenvalue weighted by Gasteiger charge is -2.06. The molecule has 134 valence electrons. The number of anilines is 1. The Morgan fingerprint density at radius 1 is 1.23 bits per heavy atom. The average Bonchev–Trinajstić information content (AvgIpc) is 3.27. The van der Waals surface area contributed by atoms with E-state index in [9.17, 15) is 9.18 Å². The SMILES string of the molecule is O=C(CSc1nnc(-c2ccc(F)cc2)o1)Nc1nc2c(s1)CCCC2. The summed E-state index contributed by atoms with van der Waals surface area (Å²) < 4.78 is 18.5. The zero-order valence-electron chi connectivity index (χ0n) is 13.7. The van der Waals surface area contributed by atoms with Crippen LogP contribution in [0.15, 0.2) is 33.9 Å². The first-order chi connectivity index (χ1) is 12.7. The van der Waals surface area contributed by atoms with Crippen LogP contribution in [0.3, 0.4) is 0 Å². The molecular formula is C17H15FN4O2S2. The van der Waals surface area contributed by atoms with E-state index in [1.165, 1.54) is 23.4 Å². The van der Waals surface area contributed by atoms with Gasteiger partial charge in [-0.25, -0.2) is 9.37 Å². The Morgan fingerprint density at radius 3 is 2.85 bits per heavy atom. The lowest BCUT2D eigenvalue weighted by molar-refractivity contribution is -0.113. The number of halogens is 1. The maximum atomic E-state index is 13.0. The molecule has 1 aromatic carbocycles. The molecule has 0 saturated heterocycles. The molecule has 0 unspecified atom stereocenters. The summed E-state index contributed by atoms with van der Waals surface area (Å²) >= 11 is 2.71. The summed E-state index contributed by atoms with van der Waals surface area (Å²) in [6.07, 6.45) is 4.38. The first-order valence-electron chi connectivity index (χ1n) is 8.18. The van der Waals surface area contributed by atoms with Crippen LogP contribution >= 0.6 is 23.1 Å². The van der Waals surface area contributed by atoms with Crippen molar-refractivity contribution in [3.05, 3.63) is 40.7 Å². The minimum atomic E-state index is -0.330. The molecule has 0 radical (unpaired) electrons. The third kappa shape index (κ3) is 3.94. The smallest absolute Gasteiger partial charge is 0.277 e. The second-order valence-corrected chi connectivity index (χ2v) is 7.82. The van der Waals surface area contributed by atoms with Crippen LogP contribution in [0.4, 0.5) is 9.52 Å². The summed E-state index contributed by atoms with van der Waals surface area (Å²) in [4.78, 5) is 17.9. The average molecular weight is 390 g/mol. The van der Waals surface area contributed by atoms with Crippen LogP contribution in [0.5, 0.6) is 0 Å². The van der Waals surface area contributed by atoms with Gasteiger partial charge in [0.15, 0.2) is 5.13 Å². The van der Waals surface area contributed by atoms with Crippen molar-refractivity contribution in [1.82, 2.24) is 15.2 Å². The fourth-order valence-electron chi connectivity index (χ4n) is 2.67. The summed E-state index contributed by atoms with van der Waals surface area (Å²) in [5.74, 6) is -0.0542. The molecule has 0 saturated carbocycles. The van der Waals surface area contributed by atoms with Gasteiger partial charge >= 0.3 is 0 Å². The molecule has 0 atom stereocenters. The second kappa shape index (κ2) is 7.55. The standard InChI is InChI=1S/C17H15FN4O2S2/c18-11-7-5-10(6-8-11)15-21-22-17(24-15)25-9-14(23)20-16-19-12-3-1-2-4-13(12)26-16/h5-8H,1-4,9H2,(H,19,20,23). The van der Waals surface area contributed by atoms with Gasteiger partial charge in [0, 0.05) is 10.4 Å². The molecule has 1 amide bonds. The Balaban J connectivity index is 1.33. The summed E-state index contributed by atoms with van der Waals surface area (Å²) in [5.41, 5.74) is 1.74. The molecule has 1 N–H and O–H groups in total. The monoisotopic (exact) mass is 390 g/mol. The van der Waals surface area contributed by atoms with E-state index in [1.54, 1.807) is 23.5 Å². The van der Waals surface area contributed by atoms with Crippen molar-refractivity contribution in [1.29, 1.82) is 0 Å². The number of aromatic nitrogens is 3. The topological polar surface area (TPSA) is 80.9 Å². The number of benzene rings is 1. The van der Waals surface area contributed by atoms with Crippen LogP contribution in [0.25, 0.3) is 11.5 Å². The van der Waals surface area contributed by atoms with Gasteiger partial charge in [0.25, 0.3) is 5.22 Å². The van der Waals surface area contributed by atoms with Crippen LogP contribution in [0, 0.1) is 5.82 Å². The van der Waals surface area contributed by atoms with Crippen LogP contribution in [-0.4, -0.2) is 26.8 Å². The van der Waals surface area contributed by atoms with Crippen molar-refractivity contribution < 1.29 is 13.6 Å². The molecule has 0 spiro atoms. The highest BCUT2D eigenvalue weighted by Gasteiger charge is 2.17. The molecule has 26 heavy (non-hydrogen) atoms. The van der Waals surface area contributed by atoms with Gasteiger partial charge in [0.2, 0.25) is 11.8 Å². The zero-order valence-corrected chi connectivity index (χ0v) is 15.3. The van der Waals surface area contributed by atoms with E-state index in [4.69, 9.17) is 4.42 Å². The maximum Gasteiger partial charge on any atom is 0.277 e. The van der Waals surface area contributed by atoms with E-state index in [2.05, 4.69) is 20.5 Å². The van der Waals surface area contributed by atoms with Crippen molar-refractivity contribution in [2.45, 2.75) is 30.9 Å². The Kier molecular flexibility index (Phi) is 4.98. The third-order valence-corrected chi connectivity index (χ3v) is 5.81. The third-order valence-electron chi connectivity index (χ3n) is 3.92. The molecule has 6 nitrogen and oxygen atoms in total. The minimum Gasteiger partial charge on any atom is -0.411 e. The maximum absolute atomic E-state index is 13.0. The number of aryl methyl sites for hydroxylation is 2. The van der Waals surface area contributed by atoms with E-state index in [0.717, 1.165) is 36.7 Å². The number of hydrogen-bond acceptors (Lipinski definition) is 7. The van der Waals surface area contributed by atoms with Gasteiger partial charge in [-0.1, -0.05) is 11.8 Å². The van der Waals surface area contributed by atoms with Gasteiger partial charge in [-0.15, -0.1) is 21.5 Å². The quantitative estimate of drug-likeness (QED) is 0.665. The highest BCUT2D eigenvalue weighted by atomic mass is 32.2. The minimum absolute atomic E-state index is 0.148. The fraction of sp³-hybridized carbons (Fsp3) is 0.294. The van der Waals surface area contributed by atoms with Crippen molar-refractivity contribution >= 4 is 34.1 Å². The number of amides is 1. The Bertz CT molecular complexity index is 900. The van der Waals surface area contributed by atoms with E-state index >= 15 is 0 Å². The number of hydrogen-bond donors (Lipinski definition) is 1. The molecule has 0 bridgehead atoms. The first kappa shape index (κ1) is 17.2. The molecule has 1 aliphatic rings. The lowest BCUT2D eigenvalue weighted by atomic mass is 10.0. The number of fused-ring (bicyclic) bond motifs is 1. The number of thiazole rings is 1. The van der Waals surface area contributed by atoms with Crippen molar-refractivity contribution in [2.75, 3.05) is 11.1 Å². The highest BCUT2D eigenvalue weighted by molar-refractivity contribution is 7.99. The molecule has 0 aliphatic heterocycles. The van der Waals surface area contributed by atoms with Gasteiger partial charge < -0.3 is 9.73 Å². The molecule has 3 aromatic rings. The molecule has 0 fully saturated rings.